The summed E-state index contributed by atoms with van der Waals surface area (Å²) in [6.07, 6.45) is -0.0514. The Hall–Kier alpha value is -2.00. The number of benzene rings is 1. The van der Waals surface area contributed by atoms with Crippen molar-refractivity contribution in [2.45, 2.75) is 56.8 Å². The van der Waals surface area contributed by atoms with E-state index in [1.807, 2.05) is 6.92 Å². The van der Waals surface area contributed by atoms with E-state index >= 15 is 0 Å². The lowest BCUT2D eigenvalue weighted by atomic mass is 9.78. The number of alkyl halides is 3. The van der Waals surface area contributed by atoms with Crippen molar-refractivity contribution in [3.8, 4) is 11.5 Å². The van der Waals surface area contributed by atoms with E-state index in [2.05, 4.69) is 15.5 Å². The van der Waals surface area contributed by atoms with Crippen molar-refractivity contribution < 1.29 is 17.6 Å². The van der Waals surface area contributed by atoms with Crippen molar-refractivity contribution in [3.05, 3.63) is 34.3 Å². The maximum atomic E-state index is 13.5. The molecule has 28 heavy (non-hydrogen) atoms. The van der Waals surface area contributed by atoms with E-state index in [-0.39, 0.29) is 41.0 Å². The van der Waals surface area contributed by atoms with Gasteiger partial charge in [0.1, 0.15) is 0 Å². The summed E-state index contributed by atoms with van der Waals surface area (Å²) in [6, 6.07) is 3.38. The van der Waals surface area contributed by atoms with Gasteiger partial charge in [0.25, 0.3) is 0 Å². The number of nitrogens with two attached hydrogens (primary N) is 1. The summed E-state index contributed by atoms with van der Waals surface area (Å²) in [5, 5.41) is 8.88. The highest BCUT2D eigenvalue weighted by molar-refractivity contribution is 5.85. The second kappa shape index (κ2) is 6.81. The van der Waals surface area contributed by atoms with Crippen molar-refractivity contribution in [2.24, 2.45) is 11.1 Å². The van der Waals surface area contributed by atoms with E-state index in [1.165, 1.54) is 12.1 Å². The molecule has 4 rings (SSSR count). The molecule has 0 spiro atoms. The molecule has 10 heteroatoms. The number of halogens is 4. The molecule has 4 N–H and O–H groups in total. The Morgan fingerprint density at radius 1 is 1.29 bits per heavy atom. The lowest BCUT2D eigenvalue weighted by molar-refractivity contribution is -0.137. The molecule has 0 radical (unpaired) electrons. The van der Waals surface area contributed by atoms with E-state index in [4.69, 9.17) is 10.2 Å². The van der Waals surface area contributed by atoms with Gasteiger partial charge in [0.05, 0.1) is 5.56 Å². The van der Waals surface area contributed by atoms with Crippen LogP contribution in [-0.4, -0.2) is 21.8 Å². The Morgan fingerprint density at radius 3 is 2.46 bits per heavy atom. The van der Waals surface area contributed by atoms with Crippen LogP contribution in [0.4, 0.5) is 18.9 Å². The molecule has 0 aliphatic heterocycles. The van der Waals surface area contributed by atoms with Crippen molar-refractivity contribution in [1.29, 1.82) is 0 Å². The first-order chi connectivity index (χ1) is 12.6. The number of H-pyrrole nitrogens is 1. The fraction of sp³-hybridized carbons (Fsp3) is 0.556. The van der Waals surface area contributed by atoms with Gasteiger partial charge in [0, 0.05) is 22.8 Å². The molecule has 0 saturated heterocycles. The Morgan fingerprint density at radius 2 is 1.96 bits per heavy atom. The summed E-state index contributed by atoms with van der Waals surface area (Å²) in [7, 11) is 0. The topological polar surface area (TPSA) is 96.9 Å². The molecule has 1 atom stereocenters. The van der Waals surface area contributed by atoms with E-state index < -0.39 is 17.5 Å². The normalized spacial score (nSPS) is 27.5. The minimum absolute atomic E-state index is 0. The molecule has 2 saturated carbocycles. The van der Waals surface area contributed by atoms with Gasteiger partial charge in [0.2, 0.25) is 5.89 Å². The number of anilines is 1. The van der Waals surface area contributed by atoms with E-state index in [9.17, 15) is 18.0 Å². The van der Waals surface area contributed by atoms with E-state index in [0.717, 1.165) is 38.2 Å². The highest BCUT2D eigenvalue weighted by atomic mass is 35.5. The van der Waals surface area contributed by atoms with Gasteiger partial charge >= 0.3 is 11.9 Å². The van der Waals surface area contributed by atoms with Gasteiger partial charge < -0.3 is 15.5 Å². The van der Waals surface area contributed by atoms with Gasteiger partial charge in [-0.25, -0.2) is 9.89 Å². The monoisotopic (exact) mass is 418 g/mol. The van der Waals surface area contributed by atoms with Gasteiger partial charge in [0.15, 0.2) is 0 Å². The number of fused-ring (bicyclic) bond motifs is 2. The number of nitrogens with one attached hydrogen (secondary N) is 2. The number of nitrogens with zero attached hydrogens (tertiary/aromatic N) is 1. The van der Waals surface area contributed by atoms with Crippen molar-refractivity contribution in [1.82, 2.24) is 10.2 Å². The molecule has 6 nitrogen and oxygen atoms in total. The number of aromatic amines is 1. The zero-order valence-corrected chi connectivity index (χ0v) is 16.0. The fourth-order valence-corrected chi connectivity index (χ4v) is 4.67. The number of aromatic nitrogens is 2. The molecule has 0 unspecified atom stereocenters. The molecule has 154 valence electrons. The largest absolute Gasteiger partial charge is 0.434 e. The molecule has 2 aliphatic rings. The summed E-state index contributed by atoms with van der Waals surface area (Å²) < 4.78 is 45.4. The van der Waals surface area contributed by atoms with Gasteiger partial charge in [-0.1, -0.05) is 0 Å². The van der Waals surface area contributed by atoms with Gasteiger partial charge in [-0.2, -0.15) is 13.2 Å². The number of hydrogen-bond acceptors (Lipinski definition) is 5. The van der Waals surface area contributed by atoms with Crippen LogP contribution >= 0.6 is 12.4 Å². The summed E-state index contributed by atoms with van der Waals surface area (Å²) in [4.78, 5) is 11.2. The average Bonchev–Trinajstić information content (AvgIpc) is 3.26. The van der Waals surface area contributed by atoms with Crippen LogP contribution in [0, 0.1) is 5.41 Å². The van der Waals surface area contributed by atoms with Crippen LogP contribution < -0.4 is 16.8 Å². The molecule has 2 fully saturated rings. The highest BCUT2D eigenvalue weighted by Crippen LogP contribution is 2.57. The number of rotatable bonds is 4. The van der Waals surface area contributed by atoms with Crippen LogP contribution in [-0.2, 0) is 6.18 Å². The van der Waals surface area contributed by atoms with Crippen LogP contribution in [0.5, 0.6) is 0 Å². The van der Waals surface area contributed by atoms with Crippen molar-refractivity contribution >= 4 is 18.1 Å². The molecular formula is C18H22ClF3N4O2. The summed E-state index contributed by atoms with van der Waals surface area (Å²) in [5.74, 6) is -0.812. The second-order valence-electron chi connectivity index (χ2n) is 7.94. The predicted molar refractivity (Wildman–Crippen MR) is 100 cm³/mol. The Balaban J connectivity index is 0.00000225. The maximum absolute atomic E-state index is 13.5. The molecule has 2 aromatic rings. The third-order valence-electron chi connectivity index (χ3n) is 6.25. The summed E-state index contributed by atoms with van der Waals surface area (Å²) >= 11 is 0. The van der Waals surface area contributed by atoms with Gasteiger partial charge in [-0.15, -0.1) is 17.5 Å². The molecule has 1 heterocycles. The first-order valence-corrected chi connectivity index (χ1v) is 8.93. The molecular weight excluding hydrogens is 397 g/mol. The minimum atomic E-state index is -4.51. The number of hydrogen-bond donors (Lipinski definition) is 3. The smallest absolute Gasteiger partial charge is 0.388 e. The summed E-state index contributed by atoms with van der Waals surface area (Å²) in [5.41, 5.74) is 5.57. The maximum Gasteiger partial charge on any atom is 0.434 e. The van der Waals surface area contributed by atoms with Crippen LogP contribution in [0.2, 0.25) is 0 Å². The van der Waals surface area contributed by atoms with E-state index in [0.29, 0.717) is 5.56 Å². The predicted octanol–water partition coefficient (Wildman–Crippen LogP) is 3.93. The highest BCUT2D eigenvalue weighted by Gasteiger charge is 2.54. The van der Waals surface area contributed by atoms with Crippen molar-refractivity contribution in [2.75, 3.05) is 5.32 Å². The minimum Gasteiger partial charge on any atom is -0.388 e. The van der Waals surface area contributed by atoms with Crippen molar-refractivity contribution in [3.63, 3.8) is 0 Å². The molecule has 2 aliphatic carbocycles. The first kappa shape index (κ1) is 20.7. The zero-order chi connectivity index (χ0) is 19.4. The SMILES string of the molecule is C[C@H](Nc1cc(-c2n[nH]c(=O)o2)ccc1C(F)(F)F)C12CCC(N)(CC1)C2.Cl. The Kier molecular flexibility index (Phi) is 5.04. The molecule has 0 amide bonds. The van der Waals surface area contributed by atoms with E-state index in [1.54, 1.807) is 0 Å². The third kappa shape index (κ3) is 3.53. The van der Waals surface area contributed by atoms with Crippen LogP contribution in [0.1, 0.15) is 44.6 Å². The second-order valence-corrected chi connectivity index (χ2v) is 7.94. The summed E-state index contributed by atoms with van der Waals surface area (Å²) in [6.45, 7) is 1.92. The first-order valence-electron chi connectivity index (χ1n) is 8.93. The lowest BCUT2D eigenvalue weighted by Gasteiger charge is -2.35. The van der Waals surface area contributed by atoms with Gasteiger partial charge in [-0.05, 0) is 62.6 Å². The fourth-order valence-electron chi connectivity index (χ4n) is 4.67. The molecule has 2 bridgehead atoms. The van der Waals surface area contributed by atoms with Crippen LogP contribution in [0.25, 0.3) is 11.5 Å². The quantitative estimate of drug-likeness (QED) is 0.699. The molecule has 1 aromatic heterocycles. The van der Waals surface area contributed by atoms with Crippen LogP contribution in [0.3, 0.4) is 0 Å². The molecule has 1 aromatic carbocycles. The Labute approximate surface area is 165 Å². The Bertz CT molecular complexity index is 916. The van der Waals surface area contributed by atoms with Crippen LogP contribution in [0.15, 0.2) is 27.4 Å². The third-order valence-corrected chi connectivity index (χ3v) is 6.25. The zero-order valence-electron chi connectivity index (χ0n) is 15.2. The average molecular weight is 419 g/mol. The van der Waals surface area contributed by atoms with Gasteiger partial charge in [-0.3, -0.25) is 0 Å². The lowest BCUT2D eigenvalue weighted by Crippen LogP contribution is -2.36. The standard InChI is InChI=1S/C18H21F3N4O2.ClH/c1-10(16-4-6-17(22,9-16)7-5-16)23-13-8-11(14-24-25-15(26)27-14)2-3-12(13)18(19,20)21;/h2-3,8,10,23H,4-7,9,22H2,1H3,(H,25,26);1H/t10-,16?,17?;/m0./s1.